The van der Waals surface area contributed by atoms with Crippen LogP contribution in [0.25, 0.3) is 0 Å². The third kappa shape index (κ3) is 3.19. The lowest BCUT2D eigenvalue weighted by Gasteiger charge is -2.28. The Kier molecular flexibility index (Phi) is 4.93. The number of amides is 1. The molecule has 2 N–H and O–H groups in total. The molecule has 0 bridgehead atoms. The van der Waals surface area contributed by atoms with Crippen molar-refractivity contribution in [2.24, 2.45) is 5.92 Å². The van der Waals surface area contributed by atoms with Crippen LogP contribution in [-0.4, -0.2) is 47.1 Å². The maximum atomic E-state index is 11.8. The zero-order chi connectivity index (χ0) is 13.0. The quantitative estimate of drug-likeness (QED) is 0.744. The lowest BCUT2D eigenvalue weighted by Crippen LogP contribution is -2.48. The Bertz CT molecular complexity index is 293. The summed E-state index contributed by atoms with van der Waals surface area (Å²) in [5.41, 5.74) is 0. The molecule has 17 heavy (non-hydrogen) atoms. The van der Waals surface area contributed by atoms with Crippen LogP contribution in [0.1, 0.15) is 33.6 Å². The van der Waals surface area contributed by atoms with Gasteiger partial charge < -0.3 is 10.4 Å². The molecule has 0 aromatic heterocycles. The van der Waals surface area contributed by atoms with Gasteiger partial charge in [-0.1, -0.05) is 6.92 Å². The van der Waals surface area contributed by atoms with Gasteiger partial charge in [-0.3, -0.25) is 14.5 Å². The van der Waals surface area contributed by atoms with E-state index in [1.807, 2.05) is 25.7 Å². The first-order chi connectivity index (χ1) is 7.99. The number of carbonyl (C=O) groups excluding carboxylic acids is 1. The van der Waals surface area contributed by atoms with Crippen LogP contribution in [-0.2, 0) is 9.59 Å². The van der Waals surface area contributed by atoms with E-state index in [2.05, 4.69) is 5.32 Å². The van der Waals surface area contributed by atoms with Crippen LogP contribution in [0.5, 0.6) is 0 Å². The van der Waals surface area contributed by atoms with E-state index in [9.17, 15) is 9.59 Å². The second kappa shape index (κ2) is 6.00. The molecule has 1 heterocycles. The smallest absolute Gasteiger partial charge is 0.308 e. The molecule has 0 aliphatic carbocycles. The van der Waals surface area contributed by atoms with Gasteiger partial charge in [0, 0.05) is 19.1 Å². The molecule has 3 atom stereocenters. The summed E-state index contributed by atoms with van der Waals surface area (Å²) in [5, 5.41) is 11.9. The Hall–Kier alpha value is -1.10. The van der Waals surface area contributed by atoms with Crippen molar-refractivity contribution in [3.8, 4) is 0 Å². The summed E-state index contributed by atoms with van der Waals surface area (Å²) in [6, 6.07) is -0.323. The van der Waals surface area contributed by atoms with Crippen LogP contribution in [0.4, 0.5) is 0 Å². The van der Waals surface area contributed by atoms with Crippen molar-refractivity contribution in [2.45, 2.75) is 45.7 Å². The highest BCUT2D eigenvalue weighted by molar-refractivity contribution is 5.81. The number of hydrogen-bond acceptors (Lipinski definition) is 3. The molecule has 0 spiro atoms. The maximum absolute atomic E-state index is 11.8. The molecule has 3 unspecified atom stereocenters. The van der Waals surface area contributed by atoms with Gasteiger partial charge in [0.05, 0.1) is 12.0 Å². The molecule has 5 heteroatoms. The second-order valence-electron chi connectivity index (χ2n) is 4.68. The number of nitrogens with one attached hydrogen (secondary N) is 1. The third-order valence-electron chi connectivity index (χ3n) is 3.55. The monoisotopic (exact) mass is 242 g/mol. The predicted molar refractivity (Wildman–Crippen MR) is 64.7 cm³/mol. The Morgan fingerprint density at radius 3 is 2.65 bits per heavy atom. The average Bonchev–Trinajstić information content (AvgIpc) is 2.67. The highest BCUT2D eigenvalue weighted by Gasteiger charge is 2.39. The van der Waals surface area contributed by atoms with Gasteiger partial charge in [0.2, 0.25) is 5.91 Å². The lowest BCUT2D eigenvalue weighted by molar-refractivity contribution is -0.143. The van der Waals surface area contributed by atoms with Crippen molar-refractivity contribution in [2.75, 3.05) is 13.1 Å². The van der Waals surface area contributed by atoms with Crippen LogP contribution in [0.15, 0.2) is 0 Å². The minimum atomic E-state index is -0.763. The molecule has 0 radical (unpaired) electrons. The van der Waals surface area contributed by atoms with E-state index in [1.54, 1.807) is 0 Å². The van der Waals surface area contributed by atoms with Crippen LogP contribution in [0, 0.1) is 5.92 Å². The van der Waals surface area contributed by atoms with Crippen molar-refractivity contribution in [1.29, 1.82) is 0 Å². The fourth-order valence-corrected chi connectivity index (χ4v) is 2.39. The van der Waals surface area contributed by atoms with Crippen molar-refractivity contribution < 1.29 is 14.7 Å². The van der Waals surface area contributed by atoms with E-state index < -0.39 is 5.97 Å². The average molecular weight is 242 g/mol. The van der Waals surface area contributed by atoms with E-state index in [0.717, 1.165) is 6.42 Å². The summed E-state index contributed by atoms with van der Waals surface area (Å²) < 4.78 is 0. The van der Waals surface area contributed by atoms with Gasteiger partial charge in [0.15, 0.2) is 0 Å². The standard InChI is InChI=1S/C12H22N2O3/c1-4-6-13-11(15)9(3)14-7-5-10(8(14)2)12(16)17/h8-10H,4-7H2,1-3H3,(H,13,15)(H,16,17). The predicted octanol–water partition coefficient (Wildman–Crippen LogP) is 0.696. The molecule has 0 saturated carbocycles. The highest BCUT2D eigenvalue weighted by atomic mass is 16.4. The van der Waals surface area contributed by atoms with Crippen molar-refractivity contribution in [3.05, 3.63) is 0 Å². The Balaban J connectivity index is 2.56. The molecule has 1 aliphatic rings. The molecule has 1 amide bonds. The molecular weight excluding hydrogens is 220 g/mol. The van der Waals surface area contributed by atoms with Gasteiger partial charge in [-0.25, -0.2) is 0 Å². The zero-order valence-corrected chi connectivity index (χ0v) is 10.8. The molecule has 1 aliphatic heterocycles. The van der Waals surface area contributed by atoms with E-state index in [1.165, 1.54) is 0 Å². The largest absolute Gasteiger partial charge is 0.481 e. The number of carbonyl (C=O) groups is 2. The number of hydrogen-bond donors (Lipinski definition) is 2. The highest BCUT2D eigenvalue weighted by Crippen LogP contribution is 2.26. The molecule has 98 valence electrons. The molecule has 5 nitrogen and oxygen atoms in total. The number of aliphatic carboxylic acids is 1. The van der Waals surface area contributed by atoms with Gasteiger partial charge in [0.1, 0.15) is 0 Å². The second-order valence-corrected chi connectivity index (χ2v) is 4.68. The van der Waals surface area contributed by atoms with E-state index in [0.29, 0.717) is 19.5 Å². The molecule has 1 fully saturated rings. The summed E-state index contributed by atoms with van der Waals surface area (Å²) >= 11 is 0. The van der Waals surface area contributed by atoms with Gasteiger partial charge in [0.25, 0.3) is 0 Å². The summed E-state index contributed by atoms with van der Waals surface area (Å²) in [4.78, 5) is 24.8. The number of nitrogens with zero attached hydrogens (tertiary/aromatic N) is 1. The number of likely N-dealkylation sites (tertiary alicyclic amines) is 1. The lowest BCUT2D eigenvalue weighted by atomic mass is 10.0. The first-order valence-corrected chi connectivity index (χ1v) is 6.25. The molecule has 1 saturated heterocycles. The third-order valence-corrected chi connectivity index (χ3v) is 3.55. The Morgan fingerprint density at radius 2 is 2.18 bits per heavy atom. The fourth-order valence-electron chi connectivity index (χ4n) is 2.39. The number of rotatable bonds is 5. The van der Waals surface area contributed by atoms with Gasteiger partial charge >= 0.3 is 5.97 Å². The van der Waals surface area contributed by atoms with Gasteiger partial charge in [-0.2, -0.15) is 0 Å². The SMILES string of the molecule is CCCNC(=O)C(C)N1CCC(C(=O)O)C1C. The van der Waals surface area contributed by atoms with E-state index in [-0.39, 0.29) is 23.9 Å². The van der Waals surface area contributed by atoms with Crippen LogP contribution in [0.2, 0.25) is 0 Å². The number of carboxylic acid groups (broad SMARTS) is 1. The maximum Gasteiger partial charge on any atom is 0.308 e. The molecule has 0 aromatic rings. The molecular formula is C12H22N2O3. The van der Waals surface area contributed by atoms with Crippen molar-refractivity contribution in [3.63, 3.8) is 0 Å². The zero-order valence-electron chi connectivity index (χ0n) is 10.8. The van der Waals surface area contributed by atoms with Crippen LogP contribution < -0.4 is 5.32 Å². The first-order valence-electron chi connectivity index (χ1n) is 6.25. The normalized spacial score (nSPS) is 26.8. The number of carboxylic acids is 1. The summed E-state index contributed by atoms with van der Waals surface area (Å²) in [5.74, 6) is -1.12. The topological polar surface area (TPSA) is 69.6 Å². The fraction of sp³-hybridized carbons (Fsp3) is 0.833. The Morgan fingerprint density at radius 1 is 1.53 bits per heavy atom. The summed E-state index contributed by atoms with van der Waals surface area (Å²) in [6.07, 6.45) is 1.54. The first kappa shape index (κ1) is 14.0. The summed E-state index contributed by atoms with van der Waals surface area (Å²) in [7, 11) is 0. The van der Waals surface area contributed by atoms with Crippen LogP contribution in [0.3, 0.4) is 0 Å². The van der Waals surface area contributed by atoms with Crippen LogP contribution >= 0.6 is 0 Å². The van der Waals surface area contributed by atoms with E-state index >= 15 is 0 Å². The summed E-state index contributed by atoms with van der Waals surface area (Å²) in [6.45, 7) is 7.08. The van der Waals surface area contributed by atoms with Gasteiger partial charge in [-0.05, 0) is 26.7 Å². The van der Waals surface area contributed by atoms with Crippen molar-refractivity contribution >= 4 is 11.9 Å². The Labute approximate surface area is 102 Å². The molecule has 1 rings (SSSR count). The minimum absolute atomic E-state index is 0.00950. The molecule has 0 aromatic carbocycles. The van der Waals surface area contributed by atoms with E-state index in [4.69, 9.17) is 5.11 Å². The van der Waals surface area contributed by atoms with Gasteiger partial charge in [-0.15, -0.1) is 0 Å². The van der Waals surface area contributed by atoms with Crippen molar-refractivity contribution in [1.82, 2.24) is 10.2 Å². The minimum Gasteiger partial charge on any atom is -0.481 e.